The van der Waals surface area contributed by atoms with Gasteiger partial charge in [0.2, 0.25) is 0 Å². The standard InChI is InChI=1S/C55H33NO2/c1-3-13-34(14-4-1)39-31-48(35-15-5-2-6-16-35)56-49(32-39)36-24-27-52-46(29-36)41-26-23-38(33-53(41)58-52)55-44-20-9-7-18-42(44)54(43-19-8-10-21-45(43)55)37-25-28-51-47(30-37)40-17-11-12-22-50(40)57-51/h1-33H. The average Bonchev–Trinajstić information content (AvgIpc) is 3.86. The Labute approximate surface area is 334 Å². The summed E-state index contributed by atoms with van der Waals surface area (Å²) in [6.07, 6.45) is 0. The molecule has 0 fully saturated rings. The highest BCUT2D eigenvalue weighted by Crippen LogP contribution is 2.46. The maximum absolute atomic E-state index is 6.65. The fourth-order valence-electron chi connectivity index (χ4n) is 8.96. The SMILES string of the molecule is c1ccc(-c2cc(-c3ccccc3)nc(-c3ccc4oc5cc(-c6c7ccccc7c(-c7ccc8oc9ccccc9c8c7)c7ccccc67)ccc5c4c3)c2)cc1. The predicted molar refractivity (Wildman–Crippen MR) is 241 cm³/mol. The molecule has 0 N–H and O–H groups in total. The topological polar surface area (TPSA) is 39.2 Å². The maximum Gasteiger partial charge on any atom is 0.136 e. The van der Waals surface area contributed by atoms with E-state index in [-0.39, 0.29) is 0 Å². The monoisotopic (exact) mass is 739 g/mol. The van der Waals surface area contributed by atoms with Crippen LogP contribution in [0.1, 0.15) is 0 Å². The summed E-state index contributed by atoms with van der Waals surface area (Å²) in [6, 6.07) is 70.9. The van der Waals surface area contributed by atoms with Crippen molar-refractivity contribution in [3.05, 3.63) is 200 Å². The van der Waals surface area contributed by atoms with Gasteiger partial charge in [0.15, 0.2) is 0 Å². The van der Waals surface area contributed by atoms with Crippen molar-refractivity contribution in [1.29, 1.82) is 0 Å². The summed E-state index contributed by atoms with van der Waals surface area (Å²) in [5.74, 6) is 0. The van der Waals surface area contributed by atoms with Crippen molar-refractivity contribution < 1.29 is 8.83 Å². The lowest BCUT2D eigenvalue weighted by atomic mass is 9.85. The van der Waals surface area contributed by atoms with Crippen molar-refractivity contribution in [1.82, 2.24) is 4.98 Å². The van der Waals surface area contributed by atoms with Crippen LogP contribution in [0.3, 0.4) is 0 Å². The first-order valence-corrected chi connectivity index (χ1v) is 19.7. The van der Waals surface area contributed by atoms with Gasteiger partial charge in [0.1, 0.15) is 22.3 Å². The Kier molecular flexibility index (Phi) is 7.23. The van der Waals surface area contributed by atoms with Crippen LogP contribution in [0.4, 0.5) is 0 Å². The Hall–Kier alpha value is -7.75. The first-order chi connectivity index (χ1) is 28.7. The molecule has 12 aromatic rings. The van der Waals surface area contributed by atoms with Crippen LogP contribution in [-0.2, 0) is 0 Å². The Morgan fingerprint density at radius 2 is 0.672 bits per heavy atom. The summed E-state index contributed by atoms with van der Waals surface area (Å²) in [5, 5.41) is 9.21. The molecular weight excluding hydrogens is 707 g/mol. The van der Waals surface area contributed by atoms with Gasteiger partial charge in [-0.25, -0.2) is 4.98 Å². The number of furan rings is 2. The van der Waals surface area contributed by atoms with Crippen molar-refractivity contribution in [3.63, 3.8) is 0 Å². The average molecular weight is 740 g/mol. The number of hydrogen-bond donors (Lipinski definition) is 0. The summed E-state index contributed by atoms with van der Waals surface area (Å²) in [4.78, 5) is 5.20. The second-order valence-corrected chi connectivity index (χ2v) is 15.0. The molecule has 0 amide bonds. The van der Waals surface area contributed by atoms with Crippen LogP contribution in [0.25, 0.3) is 121 Å². The van der Waals surface area contributed by atoms with Gasteiger partial charge in [-0.2, -0.15) is 0 Å². The third-order valence-corrected chi connectivity index (χ3v) is 11.7. The molecule has 0 saturated carbocycles. The summed E-state index contributed by atoms with van der Waals surface area (Å²) >= 11 is 0. The number of fused-ring (bicyclic) bond motifs is 8. The van der Waals surface area contributed by atoms with Gasteiger partial charge in [-0.05, 0) is 116 Å². The fourth-order valence-corrected chi connectivity index (χ4v) is 8.96. The van der Waals surface area contributed by atoms with E-state index in [1.807, 2.05) is 18.2 Å². The first kappa shape index (κ1) is 32.5. The highest BCUT2D eigenvalue weighted by atomic mass is 16.3. The van der Waals surface area contributed by atoms with Crippen LogP contribution in [0.15, 0.2) is 209 Å². The van der Waals surface area contributed by atoms with Crippen molar-refractivity contribution in [3.8, 4) is 55.9 Å². The highest BCUT2D eigenvalue weighted by molar-refractivity contribution is 6.22. The lowest BCUT2D eigenvalue weighted by Crippen LogP contribution is -1.91. The fraction of sp³-hybridized carbons (Fsp3) is 0. The molecule has 0 atom stereocenters. The van der Waals surface area contributed by atoms with Gasteiger partial charge in [-0.1, -0.05) is 140 Å². The minimum atomic E-state index is 0.852. The Morgan fingerprint density at radius 1 is 0.241 bits per heavy atom. The van der Waals surface area contributed by atoms with Gasteiger partial charge >= 0.3 is 0 Å². The lowest BCUT2D eigenvalue weighted by Gasteiger charge is -2.17. The van der Waals surface area contributed by atoms with E-state index in [0.29, 0.717) is 0 Å². The molecule has 12 rings (SSSR count). The lowest BCUT2D eigenvalue weighted by molar-refractivity contribution is 0.668. The van der Waals surface area contributed by atoms with Crippen LogP contribution in [-0.4, -0.2) is 4.98 Å². The van der Waals surface area contributed by atoms with Gasteiger partial charge in [0, 0.05) is 32.7 Å². The zero-order valence-electron chi connectivity index (χ0n) is 31.3. The van der Waals surface area contributed by atoms with E-state index in [0.717, 1.165) is 83.1 Å². The minimum absolute atomic E-state index is 0.852. The minimum Gasteiger partial charge on any atom is -0.456 e. The molecule has 3 heteroatoms. The molecule has 3 nitrogen and oxygen atoms in total. The molecule has 0 radical (unpaired) electrons. The van der Waals surface area contributed by atoms with Crippen molar-refractivity contribution in [2.45, 2.75) is 0 Å². The number of nitrogens with zero attached hydrogens (tertiary/aromatic N) is 1. The van der Waals surface area contributed by atoms with E-state index in [4.69, 9.17) is 13.8 Å². The second kappa shape index (κ2) is 12.9. The van der Waals surface area contributed by atoms with E-state index in [1.54, 1.807) is 0 Å². The Balaban J connectivity index is 1.01. The van der Waals surface area contributed by atoms with Crippen LogP contribution < -0.4 is 0 Å². The number of pyridine rings is 1. The Bertz CT molecular complexity index is 3440. The molecule has 0 bridgehead atoms. The Morgan fingerprint density at radius 3 is 1.31 bits per heavy atom. The third-order valence-electron chi connectivity index (χ3n) is 11.7. The van der Waals surface area contributed by atoms with E-state index in [1.165, 1.54) is 38.2 Å². The van der Waals surface area contributed by atoms with E-state index in [9.17, 15) is 0 Å². The van der Waals surface area contributed by atoms with Crippen LogP contribution in [0.2, 0.25) is 0 Å². The summed E-state index contributed by atoms with van der Waals surface area (Å²) in [7, 11) is 0. The van der Waals surface area contributed by atoms with Crippen molar-refractivity contribution in [2.75, 3.05) is 0 Å². The van der Waals surface area contributed by atoms with Gasteiger partial charge in [0.25, 0.3) is 0 Å². The molecular formula is C55H33NO2. The van der Waals surface area contributed by atoms with E-state index < -0.39 is 0 Å². The molecule has 0 aliphatic carbocycles. The van der Waals surface area contributed by atoms with Crippen LogP contribution in [0, 0.1) is 0 Å². The van der Waals surface area contributed by atoms with E-state index in [2.05, 4.69) is 182 Å². The molecule has 0 aliphatic heterocycles. The largest absolute Gasteiger partial charge is 0.456 e. The summed E-state index contributed by atoms with van der Waals surface area (Å²) in [6.45, 7) is 0. The number of hydrogen-bond acceptors (Lipinski definition) is 3. The predicted octanol–water partition coefficient (Wildman–Crippen LogP) is 15.5. The molecule has 3 aromatic heterocycles. The third kappa shape index (κ3) is 5.18. The van der Waals surface area contributed by atoms with Crippen molar-refractivity contribution in [2.24, 2.45) is 0 Å². The van der Waals surface area contributed by atoms with Gasteiger partial charge in [0.05, 0.1) is 11.4 Å². The maximum atomic E-state index is 6.65. The molecule has 0 saturated heterocycles. The molecule has 58 heavy (non-hydrogen) atoms. The number of benzene rings is 9. The summed E-state index contributed by atoms with van der Waals surface area (Å²) < 4.78 is 12.9. The molecule has 270 valence electrons. The molecule has 3 heterocycles. The molecule has 0 aliphatic rings. The zero-order valence-corrected chi connectivity index (χ0v) is 31.3. The van der Waals surface area contributed by atoms with Crippen LogP contribution >= 0.6 is 0 Å². The molecule has 0 spiro atoms. The van der Waals surface area contributed by atoms with E-state index >= 15 is 0 Å². The number of rotatable bonds is 5. The highest BCUT2D eigenvalue weighted by Gasteiger charge is 2.19. The van der Waals surface area contributed by atoms with Gasteiger partial charge < -0.3 is 8.83 Å². The number of aromatic nitrogens is 1. The molecule has 0 unspecified atom stereocenters. The second-order valence-electron chi connectivity index (χ2n) is 15.0. The quantitative estimate of drug-likeness (QED) is 0.165. The van der Waals surface area contributed by atoms with Crippen LogP contribution in [0.5, 0.6) is 0 Å². The molecule has 9 aromatic carbocycles. The number of para-hydroxylation sites is 1. The van der Waals surface area contributed by atoms with Crippen molar-refractivity contribution >= 4 is 65.4 Å². The van der Waals surface area contributed by atoms with Gasteiger partial charge in [-0.3, -0.25) is 0 Å². The summed E-state index contributed by atoms with van der Waals surface area (Å²) in [5.41, 5.74) is 14.5. The first-order valence-electron chi connectivity index (χ1n) is 19.7. The normalized spacial score (nSPS) is 11.8. The zero-order chi connectivity index (χ0) is 38.2. The smallest absolute Gasteiger partial charge is 0.136 e. The van der Waals surface area contributed by atoms with Gasteiger partial charge in [-0.15, -0.1) is 0 Å².